The molecular formula is C20H27N5O. The summed E-state index contributed by atoms with van der Waals surface area (Å²) in [6.07, 6.45) is 8.66. The van der Waals surface area contributed by atoms with E-state index in [1.165, 1.54) is 0 Å². The summed E-state index contributed by atoms with van der Waals surface area (Å²) in [5, 5.41) is 7.48. The number of aromatic nitrogens is 4. The number of carbonyl (C=O) groups excluding carboxylic acids is 1. The first-order valence-corrected chi connectivity index (χ1v) is 9.81. The van der Waals surface area contributed by atoms with Crippen LogP contribution in [0.5, 0.6) is 0 Å². The van der Waals surface area contributed by atoms with Gasteiger partial charge in [-0.3, -0.25) is 9.89 Å². The molecule has 0 aromatic carbocycles. The van der Waals surface area contributed by atoms with E-state index in [9.17, 15) is 4.79 Å². The number of piperidine rings is 1. The van der Waals surface area contributed by atoms with Gasteiger partial charge in [-0.15, -0.1) is 0 Å². The number of rotatable bonds is 5. The van der Waals surface area contributed by atoms with Crippen LogP contribution < -0.4 is 0 Å². The molecule has 0 unspecified atom stereocenters. The summed E-state index contributed by atoms with van der Waals surface area (Å²) < 4.78 is 0. The van der Waals surface area contributed by atoms with E-state index in [1.807, 2.05) is 18.5 Å². The van der Waals surface area contributed by atoms with E-state index in [2.05, 4.69) is 33.9 Å². The van der Waals surface area contributed by atoms with Crippen molar-refractivity contribution in [1.29, 1.82) is 0 Å². The highest BCUT2D eigenvalue weighted by atomic mass is 16.2. The smallest absolute Gasteiger partial charge is 0.225 e. The summed E-state index contributed by atoms with van der Waals surface area (Å²) >= 11 is 0. The van der Waals surface area contributed by atoms with Gasteiger partial charge < -0.3 is 4.90 Å². The molecule has 1 saturated heterocycles. The SMILES string of the molecule is CCCc1nccc(-c2cn[nH]c2C2CCN(C(=O)[C@@H]3C[C@H]3C)CC2)n1. The maximum atomic E-state index is 12.4. The predicted molar refractivity (Wildman–Crippen MR) is 99.4 cm³/mol. The van der Waals surface area contributed by atoms with Crippen LogP contribution in [0.25, 0.3) is 11.3 Å². The number of hydrogen-bond donors (Lipinski definition) is 1. The zero-order valence-corrected chi connectivity index (χ0v) is 15.6. The third kappa shape index (κ3) is 3.37. The lowest BCUT2D eigenvalue weighted by atomic mass is 9.90. The van der Waals surface area contributed by atoms with Gasteiger partial charge in [-0.2, -0.15) is 5.10 Å². The second-order valence-electron chi connectivity index (χ2n) is 7.72. The molecule has 2 aromatic heterocycles. The van der Waals surface area contributed by atoms with Gasteiger partial charge >= 0.3 is 0 Å². The Morgan fingerprint density at radius 2 is 2.12 bits per heavy atom. The fraction of sp³-hybridized carbons (Fsp3) is 0.600. The molecule has 0 radical (unpaired) electrons. The summed E-state index contributed by atoms with van der Waals surface area (Å²) in [5.41, 5.74) is 3.17. The lowest BCUT2D eigenvalue weighted by Gasteiger charge is -2.32. The molecule has 1 aliphatic carbocycles. The van der Waals surface area contributed by atoms with E-state index in [1.54, 1.807) is 0 Å². The topological polar surface area (TPSA) is 74.8 Å². The number of nitrogens with zero attached hydrogens (tertiary/aromatic N) is 4. The second-order valence-corrected chi connectivity index (χ2v) is 7.72. The van der Waals surface area contributed by atoms with Gasteiger partial charge in [0.1, 0.15) is 5.82 Å². The first kappa shape index (κ1) is 17.2. The zero-order valence-electron chi connectivity index (χ0n) is 15.6. The molecule has 1 amide bonds. The normalized spacial score (nSPS) is 23.2. The first-order valence-electron chi connectivity index (χ1n) is 9.81. The minimum absolute atomic E-state index is 0.285. The van der Waals surface area contributed by atoms with E-state index in [-0.39, 0.29) is 5.92 Å². The molecule has 1 aliphatic heterocycles. The molecule has 1 N–H and O–H groups in total. The molecule has 2 fully saturated rings. The molecular weight excluding hydrogens is 326 g/mol. The Kier molecular flexibility index (Phi) is 4.74. The van der Waals surface area contributed by atoms with Gasteiger partial charge in [-0.05, 0) is 37.7 Å². The molecule has 26 heavy (non-hydrogen) atoms. The van der Waals surface area contributed by atoms with Crippen LogP contribution in [0, 0.1) is 11.8 Å². The third-order valence-electron chi connectivity index (χ3n) is 5.77. The lowest BCUT2D eigenvalue weighted by molar-refractivity contribution is -0.133. The van der Waals surface area contributed by atoms with Gasteiger partial charge in [0.2, 0.25) is 5.91 Å². The highest BCUT2D eigenvalue weighted by Crippen LogP contribution is 2.40. The summed E-state index contributed by atoms with van der Waals surface area (Å²) in [5.74, 6) is 2.51. The molecule has 4 rings (SSSR count). The van der Waals surface area contributed by atoms with Crippen molar-refractivity contribution >= 4 is 5.91 Å². The van der Waals surface area contributed by atoms with Gasteiger partial charge in [0.15, 0.2) is 0 Å². The molecule has 2 aromatic rings. The maximum Gasteiger partial charge on any atom is 0.225 e. The van der Waals surface area contributed by atoms with Crippen molar-refractivity contribution in [2.75, 3.05) is 13.1 Å². The van der Waals surface area contributed by atoms with Gasteiger partial charge in [-0.1, -0.05) is 13.8 Å². The van der Waals surface area contributed by atoms with Crippen LogP contribution in [0.15, 0.2) is 18.5 Å². The fourth-order valence-corrected chi connectivity index (χ4v) is 3.99. The van der Waals surface area contributed by atoms with Crippen molar-refractivity contribution < 1.29 is 4.79 Å². The Morgan fingerprint density at radius 1 is 1.35 bits per heavy atom. The molecule has 2 aliphatic rings. The molecule has 2 atom stereocenters. The maximum absolute atomic E-state index is 12.4. The number of amides is 1. The van der Waals surface area contributed by atoms with Crippen LogP contribution in [0.2, 0.25) is 0 Å². The van der Waals surface area contributed by atoms with E-state index in [0.717, 1.165) is 68.0 Å². The summed E-state index contributed by atoms with van der Waals surface area (Å²) in [4.78, 5) is 23.6. The Hall–Kier alpha value is -2.24. The highest BCUT2D eigenvalue weighted by molar-refractivity contribution is 5.81. The van der Waals surface area contributed by atoms with Gasteiger partial charge in [0.25, 0.3) is 0 Å². The molecule has 0 bridgehead atoms. The zero-order chi connectivity index (χ0) is 18.1. The van der Waals surface area contributed by atoms with Crippen molar-refractivity contribution in [3.8, 4) is 11.3 Å². The van der Waals surface area contributed by atoms with Gasteiger partial charge in [0, 0.05) is 48.8 Å². The quantitative estimate of drug-likeness (QED) is 0.896. The first-order chi connectivity index (χ1) is 12.7. The number of aryl methyl sites for hydroxylation is 1. The van der Waals surface area contributed by atoms with Crippen molar-refractivity contribution in [2.45, 2.75) is 51.9 Å². The average molecular weight is 353 g/mol. The molecule has 138 valence electrons. The summed E-state index contributed by atoms with van der Waals surface area (Å²) in [6, 6.07) is 1.96. The van der Waals surface area contributed by atoms with Crippen LogP contribution in [-0.2, 0) is 11.2 Å². The molecule has 6 heteroatoms. The number of hydrogen-bond acceptors (Lipinski definition) is 4. The number of aromatic amines is 1. The Balaban J connectivity index is 1.46. The monoisotopic (exact) mass is 353 g/mol. The Bertz CT molecular complexity index is 778. The van der Waals surface area contributed by atoms with Gasteiger partial charge in [-0.25, -0.2) is 9.97 Å². The van der Waals surface area contributed by atoms with Crippen molar-refractivity contribution in [3.05, 3.63) is 30.0 Å². The van der Waals surface area contributed by atoms with Crippen LogP contribution >= 0.6 is 0 Å². The Labute approximate surface area is 154 Å². The molecule has 3 heterocycles. The number of likely N-dealkylation sites (tertiary alicyclic amines) is 1. The van der Waals surface area contributed by atoms with Crippen LogP contribution in [0.1, 0.15) is 57.0 Å². The average Bonchev–Trinajstić information content (AvgIpc) is 3.19. The van der Waals surface area contributed by atoms with Crippen molar-refractivity contribution in [1.82, 2.24) is 25.1 Å². The van der Waals surface area contributed by atoms with Gasteiger partial charge in [0.05, 0.1) is 11.9 Å². The van der Waals surface area contributed by atoms with Crippen molar-refractivity contribution in [3.63, 3.8) is 0 Å². The minimum Gasteiger partial charge on any atom is -0.342 e. The molecule has 1 saturated carbocycles. The van der Waals surface area contributed by atoms with E-state index in [0.29, 0.717) is 17.7 Å². The number of H-pyrrole nitrogens is 1. The Morgan fingerprint density at radius 3 is 2.81 bits per heavy atom. The largest absolute Gasteiger partial charge is 0.342 e. The van der Waals surface area contributed by atoms with Crippen LogP contribution in [0.4, 0.5) is 0 Å². The fourth-order valence-electron chi connectivity index (χ4n) is 3.99. The standard InChI is InChI=1S/C20H27N5O/c1-3-4-18-21-8-5-17(23-18)16-12-22-24-19(16)14-6-9-25(10-7-14)20(26)15-11-13(15)2/h5,8,12-15H,3-4,6-7,9-11H2,1-2H3,(H,22,24)/t13-,15-/m1/s1. The second kappa shape index (κ2) is 7.17. The van der Waals surface area contributed by atoms with E-state index < -0.39 is 0 Å². The number of nitrogens with one attached hydrogen (secondary N) is 1. The highest BCUT2D eigenvalue weighted by Gasteiger charge is 2.42. The van der Waals surface area contributed by atoms with Crippen LogP contribution in [-0.4, -0.2) is 44.1 Å². The number of carbonyl (C=O) groups is 1. The van der Waals surface area contributed by atoms with E-state index >= 15 is 0 Å². The summed E-state index contributed by atoms with van der Waals surface area (Å²) in [7, 11) is 0. The van der Waals surface area contributed by atoms with E-state index in [4.69, 9.17) is 4.98 Å². The molecule has 0 spiro atoms. The van der Waals surface area contributed by atoms with Crippen molar-refractivity contribution in [2.24, 2.45) is 11.8 Å². The predicted octanol–water partition coefficient (Wildman–Crippen LogP) is 3.18. The summed E-state index contributed by atoms with van der Waals surface area (Å²) in [6.45, 7) is 5.99. The molecule has 6 nitrogen and oxygen atoms in total. The third-order valence-corrected chi connectivity index (χ3v) is 5.77. The van der Waals surface area contributed by atoms with Crippen LogP contribution in [0.3, 0.4) is 0 Å². The minimum atomic E-state index is 0.285. The lowest BCUT2D eigenvalue weighted by Crippen LogP contribution is -2.39.